The molecule has 3 aromatic rings. The summed E-state index contributed by atoms with van der Waals surface area (Å²) in [5.74, 6) is 0.488. The van der Waals surface area contributed by atoms with E-state index in [4.69, 9.17) is 0 Å². The summed E-state index contributed by atoms with van der Waals surface area (Å²) in [6, 6.07) is 26.3. The molecule has 0 amide bonds. The van der Waals surface area contributed by atoms with Crippen molar-refractivity contribution < 1.29 is 0 Å². The number of likely N-dealkylation sites (N-methyl/N-ethyl adjacent to an activating group) is 1. The standard InChI is InChI=1S/C22H20N2/c1-15-18-13-12-17(16-8-4-3-5-9-16)14-21(18)24-20-11-7-6-10-19(20)23(2)22(15)24/h3-15,22H,1-2H3. The number of hydrogen-bond donors (Lipinski definition) is 0. The van der Waals surface area contributed by atoms with E-state index in [-0.39, 0.29) is 0 Å². The first-order valence-corrected chi connectivity index (χ1v) is 8.56. The lowest BCUT2D eigenvalue weighted by Crippen LogP contribution is -2.37. The smallest absolute Gasteiger partial charge is 0.113 e. The quantitative estimate of drug-likeness (QED) is 0.595. The first-order valence-electron chi connectivity index (χ1n) is 8.56. The Morgan fingerprint density at radius 1 is 0.708 bits per heavy atom. The molecule has 118 valence electrons. The molecule has 2 atom stereocenters. The number of hydrogen-bond acceptors (Lipinski definition) is 2. The van der Waals surface area contributed by atoms with Crippen molar-refractivity contribution in [2.45, 2.75) is 19.0 Å². The molecular formula is C22H20N2. The maximum atomic E-state index is 2.52. The first kappa shape index (κ1) is 13.7. The summed E-state index contributed by atoms with van der Waals surface area (Å²) in [4.78, 5) is 4.93. The molecule has 2 aliphatic heterocycles. The Labute approximate surface area is 143 Å². The van der Waals surface area contributed by atoms with Gasteiger partial charge in [-0.2, -0.15) is 0 Å². The van der Waals surface area contributed by atoms with Gasteiger partial charge in [0.15, 0.2) is 0 Å². The second-order valence-electron chi connectivity index (χ2n) is 6.81. The van der Waals surface area contributed by atoms with Gasteiger partial charge in [-0.1, -0.05) is 61.5 Å². The zero-order chi connectivity index (χ0) is 16.3. The molecule has 0 bridgehead atoms. The molecule has 2 aliphatic rings. The fourth-order valence-electron chi connectivity index (χ4n) is 4.36. The minimum Gasteiger partial charge on any atom is -0.352 e. The maximum absolute atomic E-state index is 2.52. The fourth-order valence-corrected chi connectivity index (χ4v) is 4.36. The van der Waals surface area contributed by atoms with E-state index in [1.807, 2.05) is 0 Å². The van der Waals surface area contributed by atoms with Crippen LogP contribution in [0.25, 0.3) is 11.1 Å². The van der Waals surface area contributed by atoms with E-state index in [1.54, 1.807) is 0 Å². The van der Waals surface area contributed by atoms with Crippen molar-refractivity contribution in [3.05, 3.63) is 78.4 Å². The van der Waals surface area contributed by atoms with E-state index >= 15 is 0 Å². The van der Waals surface area contributed by atoms with Gasteiger partial charge in [-0.05, 0) is 34.9 Å². The highest BCUT2D eigenvalue weighted by Gasteiger charge is 2.44. The van der Waals surface area contributed by atoms with Crippen molar-refractivity contribution in [2.24, 2.45) is 0 Å². The molecule has 0 N–H and O–H groups in total. The largest absolute Gasteiger partial charge is 0.352 e. The Kier molecular flexibility index (Phi) is 2.78. The molecule has 0 radical (unpaired) electrons. The van der Waals surface area contributed by atoms with E-state index in [2.05, 4.69) is 96.6 Å². The fraction of sp³-hybridized carbons (Fsp3) is 0.182. The van der Waals surface area contributed by atoms with E-state index in [0.717, 1.165) is 0 Å². The molecule has 2 heteroatoms. The highest BCUT2D eigenvalue weighted by Crippen LogP contribution is 2.54. The van der Waals surface area contributed by atoms with E-state index < -0.39 is 0 Å². The second-order valence-corrected chi connectivity index (χ2v) is 6.81. The van der Waals surface area contributed by atoms with Gasteiger partial charge in [-0.15, -0.1) is 0 Å². The van der Waals surface area contributed by atoms with Crippen LogP contribution in [0.15, 0.2) is 72.8 Å². The summed E-state index contributed by atoms with van der Waals surface area (Å²) in [5, 5.41) is 0. The molecule has 2 unspecified atom stereocenters. The van der Waals surface area contributed by atoms with Crippen LogP contribution >= 0.6 is 0 Å². The Hall–Kier alpha value is -2.74. The van der Waals surface area contributed by atoms with E-state index in [1.165, 1.54) is 33.8 Å². The lowest BCUT2D eigenvalue weighted by atomic mass is 9.97. The summed E-state index contributed by atoms with van der Waals surface area (Å²) >= 11 is 0. The lowest BCUT2D eigenvalue weighted by Gasteiger charge is -2.27. The number of anilines is 3. The van der Waals surface area contributed by atoms with Gasteiger partial charge < -0.3 is 9.80 Å². The monoisotopic (exact) mass is 312 g/mol. The maximum Gasteiger partial charge on any atom is 0.113 e. The third-order valence-electron chi connectivity index (χ3n) is 5.52. The molecule has 0 saturated carbocycles. The molecule has 2 nitrogen and oxygen atoms in total. The normalized spacial score (nSPS) is 20.8. The number of nitrogens with zero attached hydrogens (tertiary/aromatic N) is 2. The van der Waals surface area contributed by atoms with Crippen molar-refractivity contribution in [3.63, 3.8) is 0 Å². The summed E-state index contributed by atoms with van der Waals surface area (Å²) in [7, 11) is 2.21. The third-order valence-corrected chi connectivity index (χ3v) is 5.52. The van der Waals surface area contributed by atoms with E-state index in [0.29, 0.717) is 12.1 Å². The van der Waals surface area contributed by atoms with Gasteiger partial charge in [0, 0.05) is 18.7 Å². The van der Waals surface area contributed by atoms with Crippen LogP contribution in [0.3, 0.4) is 0 Å². The van der Waals surface area contributed by atoms with Crippen LogP contribution in [0.2, 0.25) is 0 Å². The topological polar surface area (TPSA) is 6.48 Å². The van der Waals surface area contributed by atoms with Crippen LogP contribution in [0, 0.1) is 0 Å². The van der Waals surface area contributed by atoms with Crippen molar-refractivity contribution in [1.82, 2.24) is 0 Å². The molecule has 3 aromatic carbocycles. The number of rotatable bonds is 1. The second kappa shape index (κ2) is 4.88. The Morgan fingerprint density at radius 2 is 1.42 bits per heavy atom. The molecule has 24 heavy (non-hydrogen) atoms. The molecule has 2 heterocycles. The first-order chi connectivity index (χ1) is 11.8. The molecular weight excluding hydrogens is 292 g/mol. The SMILES string of the molecule is CC1c2ccc(-c3ccccc3)cc2N2c3ccccc3N(C)C12. The number of para-hydroxylation sites is 2. The van der Waals surface area contributed by atoms with Gasteiger partial charge >= 0.3 is 0 Å². The van der Waals surface area contributed by atoms with Crippen LogP contribution in [0.1, 0.15) is 18.4 Å². The molecule has 5 rings (SSSR count). The Balaban J connectivity index is 1.70. The Morgan fingerprint density at radius 3 is 2.21 bits per heavy atom. The van der Waals surface area contributed by atoms with Crippen LogP contribution in [0.5, 0.6) is 0 Å². The molecule has 0 aliphatic carbocycles. The summed E-state index contributed by atoms with van der Waals surface area (Å²) in [6.45, 7) is 2.34. The molecule has 0 aromatic heterocycles. The molecule has 0 spiro atoms. The van der Waals surface area contributed by atoms with Crippen LogP contribution in [-0.4, -0.2) is 13.2 Å². The van der Waals surface area contributed by atoms with Crippen LogP contribution < -0.4 is 9.80 Å². The Bertz CT molecular complexity index is 916. The van der Waals surface area contributed by atoms with Gasteiger partial charge in [0.2, 0.25) is 0 Å². The van der Waals surface area contributed by atoms with Crippen molar-refractivity contribution >= 4 is 17.1 Å². The zero-order valence-corrected chi connectivity index (χ0v) is 14.0. The molecule has 0 saturated heterocycles. The number of benzene rings is 3. The van der Waals surface area contributed by atoms with Gasteiger partial charge in [0.1, 0.15) is 6.17 Å². The van der Waals surface area contributed by atoms with Crippen molar-refractivity contribution in [3.8, 4) is 11.1 Å². The van der Waals surface area contributed by atoms with Gasteiger partial charge in [-0.25, -0.2) is 0 Å². The van der Waals surface area contributed by atoms with Crippen LogP contribution in [-0.2, 0) is 0 Å². The minimum absolute atomic E-state index is 0.378. The predicted molar refractivity (Wildman–Crippen MR) is 101 cm³/mol. The lowest BCUT2D eigenvalue weighted by molar-refractivity contribution is 0.605. The molecule has 0 fully saturated rings. The van der Waals surface area contributed by atoms with Crippen molar-refractivity contribution in [2.75, 3.05) is 16.8 Å². The zero-order valence-electron chi connectivity index (χ0n) is 14.0. The summed E-state index contributed by atoms with van der Waals surface area (Å²) in [6.07, 6.45) is 0.378. The average Bonchev–Trinajstić information content (AvgIpc) is 3.10. The van der Waals surface area contributed by atoms with Crippen molar-refractivity contribution in [1.29, 1.82) is 0 Å². The summed E-state index contributed by atoms with van der Waals surface area (Å²) in [5.41, 5.74) is 8.00. The van der Waals surface area contributed by atoms with Crippen LogP contribution in [0.4, 0.5) is 17.1 Å². The highest BCUT2D eigenvalue weighted by atomic mass is 15.4. The third kappa shape index (κ3) is 1.71. The number of fused-ring (bicyclic) bond motifs is 5. The van der Waals surface area contributed by atoms with Gasteiger partial charge in [0.25, 0.3) is 0 Å². The average molecular weight is 312 g/mol. The van der Waals surface area contributed by atoms with Gasteiger partial charge in [0.05, 0.1) is 11.4 Å². The minimum atomic E-state index is 0.378. The van der Waals surface area contributed by atoms with E-state index in [9.17, 15) is 0 Å². The summed E-state index contributed by atoms with van der Waals surface area (Å²) < 4.78 is 0. The van der Waals surface area contributed by atoms with Gasteiger partial charge in [-0.3, -0.25) is 0 Å². The highest BCUT2D eigenvalue weighted by molar-refractivity contribution is 5.89. The predicted octanol–water partition coefficient (Wildman–Crippen LogP) is 5.38.